The second-order valence-corrected chi connectivity index (χ2v) is 6.30. The van der Waals surface area contributed by atoms with Gasteiger partial charge in [-0.05, 0) is 17.0 Å². The molecular formula is C21H20N2O. The van der Waals surface area contributed by atoms with E-state index in [4.69, 9.17) is 0 Å². The molecule has 1 heterocycles. The van der Waals surface area contributed by atoms with Gasteiger partial charge in [0.05, 0.1) is 5.92 Å². The van der Waals surface area contributed by atoms with Crippen LogP contribution in [0.1, 0.15) is 11.5 Å². The van der Waals surface area contributed by atoms with E-state index in [0.29, 0.717) is 0 Å². The molecule has 1 saturated heterocycles. The molecule has 0 aromatic heterocycles. The van der Waals surface area contributed by atoms with Crippen molar-refractivity contribution in [2.45, 2.75) is 5.92 Å². The third-order valence-electron chi connectivity index (χ3n) is 4.83. The zero-order valence-electron chi connectivity index (χ0n) is 13.4. The van der Waals surface area contributed by atoms with Crippen molar-refractivity contribution in [2.24, 2.45) is 5.92 Å². The number of anilines is 1. The van der Waals surface area contributed by atoms with Crippen LogP contribution < -0.4 is 10.6 Å². The fourth-order valence-electron chi connectivity index (χ4n) is 3.56. The lowest BCUT2D eigenvalue weighted by atomic mass is 9.88. The summed E-state index contributed by atoms with van der Waals surface area (Å²) in [6.45, 7) is 1.56. The van der Waals surface area contributed by atoms with Crippen molar-refractivity contribution in [1.29, 1.82) is 0 Å². The van der Waals surface area contributed by atoms with Crippen LogP contribution in [0.3, 0.4) is 0 Å². The number of benzene rings is 3. The Hall–Kier alpha value is -2.65. The molecule has 0 aliphatic carbocycles. The Morgan fingerprint density at radius 2 is 1.62 bits per heavy atom. The number of carbonyl (C=O) groups excluding carboxylic acids is 1. The van der Waals surface area contributed by atoms with Gasteiger partial charge < -0.3 is 10.6 Å². The summed E-state index contributed by atoms with van der Waals surface area (Å²) >= 11 is 0. The first-order valence-corrected chi connectivity index (χ1v) is 8.37. The van der Waals surface area contributed by atoms with Crippen LogP contribution >= 0.6 is 0 Å². The van der Waals surface area contributed by atoms with Crippen LogP contribution in [0.5, 0.6) is 0 Å². The number of fused-ring (bicyclic) bond motifs is 1. The minimum Gasteiger partial charge on any atom is -0.325 e. The molecule has 3 nitrogen and oxygen atoms in total. The van der Waals surface area contributed by atoms with Gasteiger partial charge in [-0.15, -0.1) is 0 Å². The van der Waals surface area contributed by atoms with Crippen molar-refractivity contribution in [3.8, 4) is 0 Å². The van der Waals surface area contributed by atoms with Gasteiger partial charge in [0, 0.05) is 30.1 Å². The van der Waals surface area contributed by atoms with Gasteiger partial charge in [-0.2, -0.15) is 0 Å². The smallest absolute Gasteiger partial charge is 0.229 e. The Kier molecular flexibility index (Phi) is 4.01. The molecule has 3 heteroatoms. The quantitative estimate of drug-likeness (QED) is 0.772. The van der Waals surface area contributed by atoms with E-state index in [2.05, 4.69) is 34.9 Å². The first-order valence-electron chi connectivity index (χ1n) is 8.37. The van der Waals surface area contributed by atoms with Crippen molar-refractivity contribution in [3.05, 3.63) is 78.4 Å². The van der Waals surface area contributed by atoms with Gasteiger partial charge in [-0.1, -0.05) is 66.7 Å². The Bertz CT molecular complexity index is 855. The third-order valence-corrected chi connectivity index (χ3v) is 4.83. The average molecular weight is 316 g/mol. The van der Waals surface area contributed by atoms with E-state index < -0.39 is 0 Å². The molecule has 120 valence electrons. The van der Waals surface area contributed by atoms with E-state index in [0.717, 1.165) is 29.5 Å². The summed E-state index contributed by atoms with van der Waals surface area (Å²) in [5, 5.41) is 8.73. The lowest BCUT2D eigenvalue weighted by Crippen LogP contribution is -2.28. The lowest BCUT2D eigenvalue weighted by molar-refractivity contribution is -0.119. The predicted molar refractivity (Wildman–Crippen MR) is 98.1 cm³/mol. The molecule has 1 amide bonds. The molecule has 2 N–H and O–H groups in total. The van der Waals surface area contributed by atoms with Crippen LogP contribution in [0.2, 0.25) is 0 Å². The highest BCUT2D eigenvalue weighted by atomic mass is 16.1. The molecule has 1 fully saturated rings. The second kappa shape index (κ2) is 6.46. The van der Waals surface area contributed by atoms with Gasteiger partial charge in [-0.3, -0.25) is 4.79 Å². The van der Waals surface area contributed by atoms with E-state index in [9.17, 15) is 4.79 Å². The molecule has 3 aromatic rings. The standard InChI is InChI=1S/C21H20N2O/c24-21(19-14-22-13-18(19)16-7-2-1-3-8-16)23-20-12-6-10-15-9-4-5-11-17(15)20/h1-12,18-19,22H,13-14H2,(H,23,24). The number of carbonyl (C=O) groups is 1. The van der Waals surface area contributed by atoms with Crippen LogP contribution in [0.15, 0.2) is 72.8 Å². The number of rotatable bonds is 3. The normalized spacial score (nSPS) is 20.2. The molecule has 1 aliphatic rings. The first-order chi connectivity index (χ1) is 11.8. The van der Waals surface area contributed by atoms with Crippen LogP contribution in [-0.4, -0.2) is 19.0 Å². The van der Waals surface area contributed by atoms with Gasteiger partial charge >= 0.3 is 0 Å². The fourth-order valence-corrected chi connectivity index (χ4v) is 3.56. The highest BCUT2D eigenvalue weighted by Crippen LogP contribution is 2.30. The molecule has 0 saturated carbocycles. The highest BCUT2D eigenvalue weighted by Gasteiger charge is 2.33. The summed E-state index contributed by atoms with van der Waals surface area (Å²) in [6.07, 6.45) is 0. The molecule has 2 atom stereocenters. The maximum Gasteiger partial charge on any atom is 0.229 e. The lowest BCUT2D eigenvalue weighted by Gasteiger charge is -2.19. The highest BCUT2D eigenvalue weighted by molar-refractivity contribution is 6.03. The summed E-state index contributed by atoms with van der Waals surface area (Å²) < 4.78 is 0. The zero-order valence-corrected chi connectivity index (χ0v) is 13.4. The average Bonchev–Trinajstić information content (AvgIpc) is 3.13. The molecule has 0 bridgehead atoms. The summed E-state index contributed by atoms with van der Waals surface area (Å²) in [4.78, 5) is 12.9. The number of hydrogen-bond donors (Lipinski definition) is 2. The van der Waals surface area contributed by atoms with Crippen molar-refractivity contribution in [2.75, 3.05) is 18.4 Å². The van der Waals surface area contributed by atoms with Crippen LogP contribution in [-0.2, 0) is 4.79 Å². The summed E-state index contributed by atoms with van der Waals surface area (Å²) in [5.41, 5.74) is 2.11. The molecule has 4 rings (SSSR count). The predicted octanol–water partition coefficient (Wildman–Crippen LogP) is 3.78. The van der Waals surface area contributed by atoms with Crippen LogP contribution in [0.4, 0.5) is 5.69 Å². The van der Waals surface area contributed by atoms with Gasteiger partial charge in [0.1, 0.15) is 0 Å². The molecule has 24 heavy (non-hydrogen) atoms. The molecule has 1 aliphatic heterocycles. The van der Waals surface area contributed by atoms with E-state index >= 15 is 0 Å². The fraction of sp³-hybridized carbons (Fsp3) is 0.190. The Balaban J connectivity index is 1.59. The van der Waals surface area contributed by atoms with Crippen molar-refractivity contribution in [3.63, 3.8) is 0 Å². The minimum absolute atomic E-state index is 0.0497. The molecular weight excluding hydrogens is 296 g/mol. The number of hydrogen-bond acceptors (Lipinski definition) is 2. The van der Waals surface area contributed by atoms with E-state index in [-0.39, 0.29) is 17.7 Å². The van der Waals surface area contributed by atoms with Gasteiger partial charge in [0.25, 0.3) is 0 Å². The SMILES string of the molecule is O=C(Nc1cccc2ccccc12)C1CNCC1c1ccccc1. The van der Waals surface area contributed by atoms with Crippen LogP contribution in [0, 0.1) is 5.92 Å². The zero-order chi connectivity index (χ0) is 16.4. The van der Waals surface area contributed by atoms with Gasteiger partial charge in [0.2, 0.25) is 5.91 Å². The maximum atomic E-state index is 12.9. The Labute approximate surface area is 141 Å². The second-order valence-electron chi connectivity index (χ2n) is 6.30. The van der Waals surface area contributed by atoms with Crippen LogP contribution in [0.25, 0.3) is 10.8 Å². The van der Waals surface area contributed by atoms with Gasteiger partial charge in [0.15, 0.2) is 0 Å². The van der Waals surface area contributed by atoms with E-state index in [1.807, 2.05) is 48.5 Å². The number of nitrogens with one attached hydrogen (secondary N) is 2. The summed E-state index contributed by atoms with van der Waals surface area (Å²) in [5.74, 6) is 0.262. The molecule has 0 spiro atoms. The Morgan fingerprint density at radius 3 is 2.50 bits per heavy atom. The first kappa shape index (κ1) is 14.9. The van der Waals surface area contributed by atoms with Crippen molar-refractivity contribution in [1.82, 2.24) is 5.32 Å². The largest absolute Gasteiger partial charge is 0.325 e. The van der Waals surface area contributed by atoms with Crippen molar-refractivity contribution >= 4 is 22.4 Å². The molecule has 3 aromatic carbocycles. The number of amides is 1. The third kappa shape index (κ3) is 2.79. The van der Waals surface area contributed by atoms with E-state index in [1.54, 1.807) is 0 Å². The van der Waals surface area contributed by atoms with Gasteiger partial charge in [-0.25, -0.2) is 0 Å². The summed E-state index contributed by atoms with van der Waals surface area (Å²) in [6, 6.07) is 24.4. The topological polar surface area (TPSA) is 41.1 Å². The minimum atomic E-state index is -0.0497. The molecule has 2 unspecified atom stereocenters. The Morgan fingerprint density at radius 1 is 0.875 bits per heavy atom. The monoisotopic (exact) mass is 316 g/mol. The maximum absolute atomic E-state index is 12.9. The molecule has 0 radical (unpaired) electrons. The summed E-state index contributed by atoms with van der Waals surface area (Å²) in [7, 11) is 0. The van der Waals surface area contributed by atoms with Crippen molar-refractivity contribution < 1.29 is 4.79 Å². The van der Waals surface area contributed by atoms with E-state index in [1.165, 1.54) is 5.56 Å².